The molecule has 0 aliphatic carbocycles. The number of benzene rings is 2. The van der Waals surface area contributed by atoms with Crippen LogP contribution in [0, 0.1) is 11.3 Å². The van der Waals surface area contributed by atoms with Crippen LogP contribution < -0.4 is 0 Å². The lowest BCUT2D eigenvalue weighted by Crippen LogP contribution is -2.09. The van der Waals surface area contributed by atoms with Gasteiger partial charge in [-0.1, -0.05) is 24.3 Å². The topological polar surface area (TPSA) is 98.4 Å². The highest BCUT2D eigenvalue weighted by atomic mass is 32.2. The van der Waals surface area contributed by atoms with Crippen molar-refractivity contribution in [3.05, 3.63) is 64.1 Å². The van der Waals surface area contributed by atoms with Gasteiger partial charge in [0.1, 0.15) is 11.0 Å². The van der Waals surface area contributed by atoms with Gasteiger partial charge in [0.2, 0.25) is 0 Å². The van der Waals surface area contributed by atoms with Crippen molar-refractivity contribution in [2.45, 2.75) is 11.9 Å². The number of halogens is 3. The molecule has 0 atom stereocenters. The number of nitrogens with zero attached hydrogens (tertiary/aromatic N) is 1. The molecule has 0 fully saturated rings. The molecule has 136 valence electrons. The van der Waals surface area contributed by atoms with Gasteiger partial charge < -0.3 is 10.2 Å². The molecule has 5 nitrogen and oxygen atoms in total. The highest BCUT2D eigenvalue weighted by Crippen LogP contribution is 2.31. The molecule has 0 saturated carbocycles. The third kappa shape index (κ3) is 4.55. The highest BCUT2D eigenvalue weighted by Gasteiger charge is 2.31. The van der Waals surface area contributed by atoms with Crippen molar-refractivity contribution >= 4 is 15.9 Å². The van der Waals surface area contributed by atoms with E-state index in [0.717, 1.165) is 30.3 Å². The maximum atomic E-state index is 12.7. The van der Waals surface area contributed by atoms with E-state index in [4.69, 9.17) is 5.26 Å². The van der Waals surface area contributed by atoms with Gasteiger partial charge in [0.05, 0.1) is 11.3 Å². The van der Waals surface area contributed by atoms with E-state index < -0.39 is 43.7 Å². The molecule has 0 aromatic heterocycles. The molecule has 0 saturated heterocycles. The third-order valence-corrected chi connectivity index (χ3v) is 4.95. The number of alkyl halides is 3. The summed E-state index contributed by atoms with van der Waals surface area (Å²) >= 11 is 0. The van der Waals surface area contributed by atoms with Gasteiger partial charge in [0.15, 0.2) is 21.3 Å². The number of phenols is 2. The Morgan fingerprint density at radius 1 is 1.12 bits per heavy atom. The molecular weight excluding hydrogens is 371 g/mol. The molecule has 2 N–H and O–H groups in total. The Morgan fingerprint density at radius 3 is 2.38 bits per heavy atom. The molecule has 0 spiro atoms. The molecule has 0 aliphatic rings. The Morgan fingerprint density at radius 2 is 1.81 bits per heavy atom. The molecule has 0 radical (unpaired) electrons. The van der Waals surface area contributed by atoms with Gasteiger partial charge in [0.25, 0.3) is 0 Å². The minimum Gasteiger partial charge on any atom is -0.504 e. The first-order chi connectivity index (χ1) is 12.0. The normalized spacial score (nSPS) is 12.6. The molecule has 0 amide bonds. The smallest absolute Gasteiger partial charge is 0.416 e. The minimum atomic E-state index is -4.61. The second-order valence-electron chi connectivity index (χ2n) is 5.33. The molecule has 0 aliphatic heterocycles. The standard InChI is InChI=1S/C17H12F3NO4S/c18-17(19,20)13-3-1-2-12(6-13)10-26(24,25)14(9-21)7-11-4-5-15(22)16(23)8-11/h1-8,22-23H,10H2/b14-7+. The fourth-order valence-corrected chi connectivity index (χ4v) is 3.34. The van der Waals surface area contributed by atoms with Crippen molar-refractivity contribution in [3.63, 3.8) is 0 Å². The van der Waals surface area contributed by atoms with Crippen molar-refractivity contribution in [1.82, 2.24) is 0 Å². The molecular formula is C17H12F3NO4S. The lowest BCUT2D eigenvalue weighted by Gasteiger charge is -2.09. The van der Waals surface area contributed by atoms with E-state index in [0.29, 0.717) is 6.07 Å². The maximum absolute atomic E-state index is 12.7. The van der Waals surface area contributed by atoms with E-state index >= 15 is 0 Å². The van der Waals surface area contributed by atoms with Crippen LogP contribution in [0.15, 0.2) is 47.4 Å². The summed E-state index contributed by atoms with van der Waals surface area (Å²) in [5.41, 5.74) is -0.977. The summed E-state index contributed by atoms with van der Waals surface area (Å²) in [5, 5.41) is 27.8. The Hall–Kier alpha value is -2.99. The van der Waals surface area contributed by atoms with Crippen molar-refractivity contribution in [2.75, 3.05) is 0 Å². The summed E-state index contributed by atoms with van der Waals surface area (Å²) in [7, 11) is -4.22. The zero-order valence-corrected chi connectivity index (χ0v) is 13.8. The summed E-state index contributed by atoms with van der Waals surface area (Å²) in [6.07, 6.45) is -3.65. The van der Waals surface area contributed by atoms with Crippen LogP contribution in [0.2, 0.25) is 0 Å². The Kier molecular flexibility index (Phi) is 5.28. The number of hydrogen-bond acceptors (Lipinski definition) is 5. The monoisotopic (exact) mass is 383 g/mol. The Bertz CT molecular complexity index is 1010. The molecule has 9 heteroatoms. The van der Waals surface area contributed by atoms with E-state index in [2.05, 4.69) is 0 Å². The number of aromatic hydroxyl groups is 2. The molecule has 2 rings (SSSR count). The van der Waals surface area contributed by atoms with Gasteiger partial charge in [-0.3, -0.25) is 0 Å². The quantitative estimate of drug-likeness (QED) is 0.621. The molecule has 0 heterocycles. The number of hydrogen-bond donors (Lipinski definition) is 2. The van der Waals surface area contributed by atoms with E-state index in [1.807, 2.05) is 0 Å². The molecule has 0 bridgehead atoms. The largest absolute Gasteiger partial charge is 0.504 e. The first-order valence-corrected chi connectivity index (χ1v) is 8.71. The van der Waals surface area contributed by atoms with Gasteiger partial charge in [-0.05, 0) is 35.4 Å². The zero-order valence-electron chi connectivity index (χ0n) is 13.0. The SMILES string of the molecule is N#C/C(=C\c1ccc(O)c(O)c1)S(=O)(=O)Cc1cccc(C(F)(F)F)c1. The number of phenolic OH excluding ortho intramolecular Hbond substituents is 2. The number of sulfone groups is 1. The highest BCUT2D eigenvalue weighted by molar-refractivity contribution is 7.95. The van der Waals surface area contributed by atoms with Crippen LogP contribution >= 0.6 is 0 Å². The van der Waals surface area contributed by atoms with E-state index in [9.17, 15) is 31.8 Å². The van der Waals surface area contributed by atoms with Crippen molar-refractivity contribution in [2.24, 2.45) is 0 Å². The summed E-state index contributed by atoms with van der Waals surface area (Å²) in [5.74, 6) is -1.72. The average Bonchev–Trinajstić information content (AvgIpc) is 2.54. The molecule has 2 aromatic carbocycles. The predicted molar refractivity (Wildman–Crippen MR) is 87.4 cm³/mol. The fourth-order valence-electron chi connectivity index (χ4n) is 2.11. The van der Waals surface area contributed by atoms with Gasteiger partial charge in [-0.25, -0.2) is 8.42 Å². The first kappa shape index (κ1) is 19.3. The van der Waals surface area contributed by atoms with Gasteiger partial charge in [-0.15, -0.1) is 0 Å². The Balaban J connectivity index is 2.37. The second-order valence-corrected chi connectivity index (χ2v) is 7.28. The first-order valence-electron chi connectivity index (χ1n) is 7.05. The van der Waals surface area contributed by atoms with Crippen LogP contribution in [0.4, 0.5) is 13.2 Å². The zero-order chi connectivity index (χ0) is 19.5. The average molecular weight is 383 g/mol. The van der Waals surface area contributed by atoms with Crippen LogP contribution in [0.3, 0.4) is 0 Å². The number of nitriles is 1. The summed E-state index contributed by atoms with van der Waals surface area (Å²) in [6.45, 7) is 0. The third-order valence-electron chi connectivity index (χ3n) is 3.35. The lowest BCUT2D eigenvalue weighted by atomic mass is 10.1. The summed E-state index contributed by atoms with van der Waals surface area (Å²) in [6, 6.07) is 8.75. The molecule has 2 aromatic rings. The van der Waals surface area contributed by atoms with Gasteiger partial charge in [-0.2, -0.15) is 18.4 Å². The van der Waals surface area contributed by atoms with Crippen molar-refractivity contribution in [3.8, 4) is 17.6 Å². The van der Waals surface area contributed by atoms with E-state index in [1.54, 1.807) is 0 Å². The maximum Gasteiger partial charge on any atom is 0.416 e. The predicted octanol–water partition coefficient (Wildman–Crippen LogP) is 3.60. The molecule has 26 heavy (non-hydrogen) atoms. The Labute approximate surface area is 147 Å². The second kappa shape index (κ2) is 7.09. The number of allylic oxidation sites excluding steroid dienone is 1. The van der Waals surface area contributed by atoms with E-state index in [-0.39, 0.29) is 11.1 Å². The van der Waals surface area contributed by atoms with Crippen LogP contribution in [-0.4, -0.2) is 18.6 Å². The van der Waals surface area contributed by atoms with Gasteiger partial charge in [0, 0.05) is 0 Å². The van der Waals surface area contributed by atoms with Crippen LogP contribution in [0.5, 0.6) is 11.5 Å². The number of rotatable bonds is 4. The molecule has 0 unspecified atom stereocenters. The van der Waals surface area contributed by atoms with Crippen LogP contribution in [-0.2, 0) is 21.8 Å². The van der Waals surface area contributed by atoms with Gasteiger partial charge >= 0.3 is 6.18 Å². The fraction of sp³-hybridized carbons (Fsp3) is 0.118. The summed E-state index contributed by atoms with van der Waals surface area (Å²) < 4.78 is 62.9. The van der Waals surface area contributed by atoms with Crippen LogP contribution in [0.1, 0.15) is 16.7 Å². The minimum absolute atomic E-state index is 0.116. The van der Waals surface area contributed by atoms with Crippen molar-refractivity contribution < 1.29 is 31.8 Å². The van der Waals surface area contributed by atoms with E-state index in [1.165, 1.54) is 18.2 Å². The van der Waals surface area contributed by atoms with Crippen molar-refractivity contribution in [1.29, 1.82) is 5.26 Å². The lowest BCUT2D eigenvalue weighted by molar-refractivity contribution is -0.137. The van der Waals surface area contributed by atoms with Crippen LogP contribution in [0.25, 0.3) is 6.08 Å². The summed E-state index contributed by atoms with van der Waals surface area (Å²) in [4.78, 5) is -0.681.